The average Bonchev–Trinajstić information content (AvgIpc) is 2.60. The Morgan fingerprint density at radius 1 is 1.71 bits per heavy atom. The van der Waals surface area contributed by atoms with E-state index in [9.17, 15) is 4.79 Å². The highest BCUT2D eigenvalue weighted by Crippen LogP contribution is 2.26. The summed E-state index contributed by atoms with van der Waals surface area (Å²) in [6.07, 6.45) is 0.667. The molecule has 2 N–H and O–H groups in total. The fourth-order valence-corrected chi connectivity index (χ4v) is 2.35. The number of rotatable bonds is 3. The van der Waals surface area contributed by atoms with E-state index in [4.69, 9.17) is 5.11 Å². The van der Waals surface area contributed by atoms with Crippen molar-refractivity contribution < 1.29 is 9.90 Å². The fraction of sp³-hybridized carbons (Fsp3) is 0.333. The molecule has 5 heteroatoms. The minimum Gasteiger partial charge on any atom is -0.481 e. The van der Waals surface area contributed by atoms with Crippen LogP contribution in [0.15, 0.2) is 6.07 Å². The number of aryl methyl sites for hydroxylation is 2. The van der Waals surface area contributed by atoms with Gasteiger partial charge in [0.15, 0.2) is 0 Å². The Bertz CT molecular complexity index is 472. The molecule has 0 saturated carbocycles. The molecule has 0 unspecified atom stereocenters. The van der Waals surface area contributed by atoms with Gasteiger partial charge in [-0.1, -0.05) is 0 Å². The number of aliphatic carboxylic acids is 1. The van der Waals surface area contributed by atoms with Crippen LogP contribution in [0.2, 0.25) is 0 Å². The maximum absolute atomic E-state index is 10.4. The summed E-state index contributed by atoms with van der Waals surface area (Å²) >= 11 is 1.65. The summed E-state index contributed by atoms with van der Waals surface area (Å²) < 4.78 is 1.09. The molecule has 0 spiro atoms. The van der Waals surface area contributed by atoms with Crippen LogP contribution in [-0.4, -0.2) is 21.3 Å². The maximum atomic E-state index is 10.4. The summed E-state index contributed by atoms with van der Waals surface area (Å²) in [6, 6.07) is 2.00. The van der Waals surface area contributed by atoms with Crippen molar-refractivity contribution in [3.63, 3.8) is 0 Å². The van der Waals surface area contributed by atoms with Crippen LogP contribution in [-0.2, 0) is 11.2 Å². The van der Waals surface area contributed by atoms with Crippen molar-refractivity contribution in [2.45, 2.75) is 19.8 Å². The molecule has 74 valence electrons. The first-order valence-electron chi connectivity index (χ1n) is 4.32. The second kappa shape index (κ2) is 3.42. The lowest BCUT2D eigenvalue weighted by Crippen LogP contribution is -1.97. The third-order valence-corrected chi connectivity index (χ3v) is 3.11. The molecule has 0 aromatic carbocycles. The van der Waals surface area contributed by atoms with Gasteiger partial charge in [0, 0.05) is 11.3 Å². The van der Waals surface area contributed by atoms with Crippen LogP contribution >= 0.6 is 11.3 Å². The lowest BCUT2D eigenvalue weighted by molar-refractivity contribution is -0.136. The van der Waals surface area contributed by atoms with E-state index in [1.165, 1.54) is 4.88 Å². The predicted molar refractivity (Wildman–Crippen MR) is 54.7 cm³/mol. The maximum Gasteiger partial charge on any atom is 0.303 e. The van der Waals surface area contributed by atoms with Crippen molar-refractivity contribution in [3.8, 4) is 0 Å². The van der Waals surface area contributed by atoms with Crippen molar-refractivity contribution in [1.29, 1.82) is 0 Å². The molecule has 14 heavy (non-hydrogen) atoms. The van der Waals surface area contributed by atoms with Crippen LogP contribution in [0.25, 0.3) is 10.2 Å². The summed E-state index contributed by atoms with van der Waals surface area (Å²) in [5.74, 6) is -0.777. The summed E-state index contributed by atoms with van der Waals surface area (Å²) in [7, 11) is 0. The Hall–Kier alpha value is -1.36. The third kappa shape index (κ3) is 1.63. The van der Waals surface area contributed by atoms with Gasteiger partial charge in [0.25, 0.3) is 0 Å². The number of nitrogens with zero attached hydrogens (tertiary/aromatic N) is 1. The molecule has 0 amide bonds. The number of carbonyl (C=O) groups is 1. The summed E-state index contributed by atoms with van der Waals surface area (Å²) in [5, 5.41) is 15.5. The molecular formula is C9H10N2O2S. The van der Waals surface area contributed by atoms with Gasteiger partial charge in [-0.25, -0.2) is 0 Å². The molecule has 0 radical (unpaired) electrons. The second-order valence-electron chi connectivity index (χ2n) is 3.17. The summed E-state index contributed by atoms with van der Waals surface area (Å²) in [6.45, 7) is 2.02. The van der Waals surface area contributed by atoms with Crippen molar-refractivity contribution in [3.05, 3.63) is 16.6 Å². The Balaban J connectivity index is 2.28. The highest BCUT2D eigenvalue weighted by molar-refractivity contribution is 7.19. The van der Waals surface area contributed by atoms with Crippen LogP contribution < -0.4 is 0 Å². The number of hydrogen-bond acceptors (Lipinski definition) is 3. The number of carboxylic acid groups (broad SMARTS) is 1. The molecule has 2 heterocycles. The van der Waals surface area contributed by atoms with Gasteiger partial charge in [-0.15, -0.1) is 11.3 Å². The smallest absolute Gasteiger partial charge is 0.303 e. The van der Waals surface area contributed by atoms with Crippen molar-refractivity contribution >= 4 is 27.5 Å². The van der Waals surface area contributed by atoms with Gasteiger partial charge in [-0.2, -0.15) is 5.10 Å². The molecule has 0 aliphatic carbocycles. The Morgan fingerprint density at radius 2 is 2.50 bits per heavy atom. The summed E-state index contributed by atoms with van der Waals surface area (Å²) in [4.78, 5) is 11.6. The van der Waals surface area contributed by atoms with Gasteiger partial charge in [0.2, 0.25) is 0 Å². The Kier molecular flexibility index (Phi) is 2.25. The van der Waals surface area contributed by atoms with E-state index in [2.05, 4.69) is 10.2 Å². The number of fused-ring (bicyclic) bond motifs is 1. The SMILES string of the molecule is Cc1cc2n[nH]c(CCC(=O)O)c2s1. The number of hydrogen-bond donors (Lipinski definition) is 2. The molecule has 2 rings (SSSR count). The molecule has 0 saturated heterocycles. The number of nitrogens with one attached hydrogen (secondary N) is 1. The number of aromatic amines is 1. The predicted octanol–water partition coefficient (Wildman–Crippen LogP) is 1.95. The van der Waals surface area contributed by atoms with E-state index in [0.717, 1.165) is 15.9 Å². The lowest BCUT2D eigenvalue weighted by atomic mass is 10.2. The van der Waals surface area contributed by atoms with Gasteiger partial charge in [0.1, 0.15) is 5.52 Å². The highest BCUT2D eigenvalue weighted by atomic mass is 32.1. The van der Waals surface area contributed by atoms with Crippen LogP contribution in [0.3, 0.4) is 0 Å². The first-order chi connectivity index (χ1) is 6.66. The normalized spacial score (nSPS) is 10.9. The van der Waals surface area contributed by atoms with Crippen LogP contribution in [0.5, 0.6) is 0 Å². The monoisotopic (exact) mass is 210 g/mol. The molecule has 0 aliphatic heterocycles. The van der Waals surface area contributed by atoms with E-state index in [1.807, 2.05) is 13.0 Å². The molecule has 2 aromatic heterocycles. The fourth-order valence-electron chi connectivity index (χ4n) is 1.38. The van der Waals surface area contributed by atoms with E-state index in [0.29, 0.717) is 6.42 Å². The Labute approximate surface area is 84.6 Å². The summed E-state index contributed by atoms with van der Waals surface area (Å²) in [5.41, 5.74) is 1.87. The number of aromatic nitrogens is 2. The van der Waals surface area contributed by atoms with Gasteiger partial charge in [-0.3, -0.25) is 9.89 Å². The van der Waals surface area contributed by atoms with Crippen molar-refractivity contribution in [2.75, 3.05) is 0 Å². The highest BCUT2D eigenvalue weighted by Gasteiger charge is 2.09. The minimum absolute atomic E-state index is 0.147. The third-order valence-electron chi connectivity index (χ3n) is 2.01. The van der Waals surface area contributed by atoms with Gasteiger partial charge < -0.3 is 5.11 Å². The number of carboxylic acids is 1. The first kappa shape index (κ1) is 9.21. The van der Waals surface area contributed by atoms with E-state index < -0.39 is 5.97 Å². The van der Waals surface area contributed by atoms with Gasteiger partial charge in [-0.05, 0) is 13.0 Å². The topological polar surface area (TPSA) is 66.0 Å². The van der Waals surface area contributed by atoms with E-state index in [1.54, 1.807) is 11.3 Å². The molecule has 0 bridgehead atoms. The van der Waals surface area contributed by atoms with Crippen molar-refractivity contribution in [1.82, 2.24) is 10.2 Å². The minimum atomic E-state index is -0.777. The lowest BCUT2D eigenvalue weighted by Gasteiger charge is -1.92. The van der Waals surface area contributed by atoms with Gasteiger partial charge in [0.05, 0.1) is 16.8 Å². The zero-order valence-corrected chi connectivity index (χ0v) is 8.52. The van der Waals surface area contributed by atoms with Crippen LogP contribution in [0.1, 0.15) is 17.0 Å². The zero-order chi connectivity index (χ0) is 10.1. The standard InChI is InChI=1S/C9H10N2O2S/c1-5-4-7-9(14-5)6(10-11-7)2-3-8(12)13/h4H,2-3H2,1H3,(H,10,11)(H,12,13). The molecular weight excluding hydrogens is 200 g/mol. The molecule has 0 atom stereocenters. The average molecular weight is 210 g/mol. The molecule has 0 aliphatic rings. The number of H-pyrrole nitrogens is 1. The van der Waals surface area contributed by atoms with E-state index >= 15 is 0 Å². The van der Waals surface area contributed by atoms with E-state index in [-0.39, 0.29) is 6.42 Å². The van der Waals surface area contributed by atoms with Crippen LogP contribution in [0.4, 0.5) is 0 Å². The second-order valence-corrected chi connectivity index (χ2v) is 4.42. The molecule has 0 fully saturated rings. The molecule has 2 aromatic rings. The number of thiophene rings is 1. The quantitative estimate of drug-likeness (QED) is 0.813. The van der Waals surface area contributed by atoms with Crippen LogP contribution in [0, 0.1) is 6.92 Å². The zero-order valence-electron chi connectivity index (χ0n) is 7.70. The largest absolute Gasteiger partial charge is 0.481 e. The first-order valence-corrected chi connectivity index (χ1v) is 5.13. The Morgan fingerprint density at radius 3 is 3.21 bits per heavy atom. The van der Waals surface area contributed by atoms with Gasteiger partial charge >= 0.3 is 5.97 Å². The molecule has 4 nitrogen and oxygen atoms in total. The van der Waals surface area contributed by atoms with Crippen molar-refractivity contribution in [2.24, 2.45) is 0 Å².